The molecule has 19 heavy (non-hydrogen) atoms. The third-order valence-corrected chi connectivity index (χ3v) is 2.71. The van der Waals surface area contributed by atoms with E-state index < -0.39 is 0 Å². The number of benzene rings is 1. The molecule has 1 heterocycles. The zero-order valence-electron chi connectivity index (χ0n) is 11.4. The van der Waals surface area contributed by atoms with Gasteiger partial charge in [0, 0.05) is 23.0 Å². The minimum atomic E-state index is 0.0868. The second-order valence-electron chi connectivity index (χ2n) is 4.73. The average Bonchev–Trinajstić information content (AvgIpc) is 2.38. The van der Waals surface area contributed by atoms with Gasteiger partial charge in [-0.1, -0.05) is 0 Å². The zero-order valence-corrected chi connectivity index (χ0v) is 11.4. The first kappa shape index (κ1) is 13.3. The average molecular weight is 255 g/mol. The summed E-state index contributed by atoms with van der Waals surface area (Å²) in [6.45, 7) is 5.90. The van der Waals surface area contributed by atoms with Crippen LogP contribution >= 0.6 is 0 Å². The molecular formula is C16H17NO2. The van der Waals surface area contributed by atoms with Crippen LogP contribution in [0.3, 0.4) is 0 Å². The minimum absolute atomic E-state index is 0.0868. The quantitative estimate of drug-likeness (QED) is 0.783. The Morgan fingerprint density at radius 3 is 2.63 bits per heavy atom. The molecule has 0 amide bonds. The molecule has 2 aromatic rings. The standard InChI is InChI=1S/C16H17NO2/c1-11(2)19-16-5-4-13(10-18)9-15(16)14-6-7-17-12(3)8-14/h4-11H,1-3H3. The van der Waals surface area contributed by atoms with Gasteiger partial charge < -0.3 is 4.74 Å². The second-order valence-corrected chi connectivity index (χ2v) is 4.73. The maximum Gasteiger partial charge on any atom is 0.150 e. The SMILES string of the molecule is Cc1cc(-c2cc(C=O)ccc2OC(C)C)ccn1. The highest BCUT2D eigenvalue weighted by atomic mass is 16.5. The molecule has 1 aromatic carbocycles. The van der Waals surface area contributed by atoms with Crippen LogP contribution in [0.5, 0.6) is 5.75 Å². The van der Waals surface area contributed by atoms with Gasteiger partial charge in [-0.2, -0.15) is 0 Å². The first-order valence-electron chi connectivity index (χ1n) is 6.29. The van der Waals surface area contributed by atoms with Gasteiger partial charge in [-0.3, -0.25) is 9.78 Å². The number of hydrogen-bond acceptors (Lipinski definition) is 3. The van der Waals surface area contributed by atoms with Crippen LogP contribution in [0.1, 0.15) is 29.9 Å². The Morgan fingerprint density at radius 1 is 1.21 bits per heavy atom. The summed E-state index contributed by atoms with van der Waals surface area (Å²) in [5.74, 6) is 0.784. The van der Waals surface area contributed by atoms with Crippen molar-refractivity contribution in [2.75, 3.05) is 0 Å². The van der Waals surface area contributed by atoms with Gasteiger partial charge in [-0.15, -0.1) is 0 Å². The predicted octanol–water partition coefficient (Wildman–Crippen LogP) is 3.66. The summed E-state index contributed by atoms with van der Waals surface area (Å²) >= 11 is 0. The molecule has 0 radical (unpaired) electrons. The predicted molar refractivity (Wildman–Crippen MR) is 75.6 cm³/mol. The van der Waals surface area contributed by atoms with Gasteiger partial charge in [-0.25, -0.2) is 0 Å². The minimum Gasteiger partial charge on any atom is -0.490 e. The molecule has 0 aliphatic carbocycles. The molecule has 3 heteroatoms. The molecule has 98 valence electrons. The Hall–Kier alpha value is -2.16. The third-order valence-electron chi connectivity index (χ3n) is 2.71. The molecule has 0 aliphatic rings. The van der Waals surface area contributed by atoms with E-state index in [9.17, 15) is 4.79 Å². The molecule has 0 bridgehead atoms. The molecule has 1 aromatic heterocycles. The number of hydrogen-bond donors (Lipinski definition) is 0. The summed E-state index contributed by atoms with van der Waals surface area (Å²) in [4.78, 5) is 15.1. The fourth-order valence-corrected chi connectivity index (χ4v) is 1.92. The van der Waals surface area contributed by atoms with E-state index in [1.165, 1.54) is 0 Å². The molecule has 0 aliphatic heterocycles. The summed E-state index contributed by atoms with van der Waals surface area (Å²) < 4.78 is 5.80. The third kappa shape index (κ3) is 3.19. The van der Waals surface area contributed by atoms with Crippen LogP contribution in [0.25, 0.3) is 11.1 Å². The van der Waals surface area contributed by atoms with Crippen LogP contribution in [0.4, 0.5) is 0 Å². The summed E-state index contributed by atoms with van der Waals surface area (Å²) in [7, 11) is 0. The van der Waals surface area contributed by atoms with Gasteiger partial charge >= 0.3 is 0 Å². The first-order valence-corrected chi connectivity index (χ1v) is 6.29. The van der Waals surface area contributed by atoms with Gasteiger partial charge in [0.25, 0.3) is 0 Å². The van der Waals surface area contributed by atoms with E-state index >= 15 is 0 Å². The number of aromatic nitrogens is 1. The van der Waals surface area contributed by atoms with Crippen LogP contribution in [0, 0.1) is 6.92 Å². The lowest BCUT2D eigenvalue weighted by Crippen LogP contribution is -2.06. The molecule has 3 nitrogen and oxygen atoms in total. The highest BCUT2D eigenvalue weighted by molar-refractivity contribution is 5.81. The summed E-state index contributed by atoms with van der Waals surface area (Å²) in [5, 5.41) is 0. The van der Waals surface area contributed by atoms with E-state index in [1.54, 1.807) is 12.3 Å². The fraction of sp³-hybridized carbons (Fsp3) is 0.250. The maximum absolute atomic E-state index is 10.9. The summed E-state index contributed by atoms with van der Waals surface area (Å²) in [6.07, 6.45) is 2.69. The van der Waals surface area contributed by atoms with Crippen molar-refractivity contribution in [3.05, 3.63) is 47.8 Å². The van der Waals surface area contributed by atoms with E-state index in [0.717, 1.165) is 28.9 Å². The van der Waals surface area contributed by atoms with Crippen LogP contribution in [-0.2, 0) is 0 Å². The lowest BCUT2D eigenvalue weighted by molar-refractivity contribution is 0.112. The van der Waals surface area contributed by atoms with Crippen molar-refractivity contribution < 1.29 is 9.53 Å². The molecule has 0 unspecified atom stereocenters. The van der Waals surface area contributed by atoms with Gasteiger partial charge in [-0.05, 0) is 56.7 Å². The Kier molecular flexibility index (Phi) is 3.95. The normalized spacial score (nSPS) is 10.5. The highest BCUT2D eigenvalue weighted by Crippen LogP contribution is 2.31. The van der Waals surface area contributed by atoms with Crippen molar-refractivity contribution in [2.24, 2.45) is 0 Å². The number of aryl methyl sites for hydroxylation is 1. The van der Waals surface area contributed by atoms with Crippen LogP contribution in [-0.4, -0.2) is 17.4 Å². The number of ether oxygens (including phenoxy) is 1. The maximum atomic E-state index is 10.9. The second kappa shape index (κ2) is 5.65. The number of pyridine rings is 1. The van der Waals surface area contributed by atoms with Crippen LogP contribution in [0.2, 0.25) is 0 Å². The lowest BCUT2D eigenvalue weighted by Gasteiger charge is -2.15. The van der Waals surface area contributed by atoms with Gasteiger partial charge in [0.2, 0.25) is 0 Å². The van der Waals surface area contributed by atoms with Crippen molar-refractivity contribution in [2.45, 2.75) is 26.9 Å². The van der Waals surface area contributed by atoms with E-state index in [1.807, 2.05) is 45.0 Å². The van der Waals surface area contributed by atoms with Gasteiger partial charge in [0.15, 0.2) is 0 Å². The number of aldehydes is 1. The van der Waals surface area contributed by atoms with Crippen molar-refractivity contribution in [1.82, 2.24) is 4.98 Å². The van der Waals surface area contributed by atoms with Crippen LogP contribution < -0.4 is 4.74 Å². The molecule has 0 saturated heterocycles. The van der Waals surface area contributed by atoms with Crippen molar-refractivity contribution in [3.63, 3.8) is 0 Å². The number of nitrogens with zero attached hydrogens (tertiary/aromatic N) is 1. The monoisotopic (exact) mass is 255 g/mol. The van der Waals surface area contributed by atoms with Crippen LogP contribution in [0.15, 0.2) is 36.5 Å². The smallest absolute Gasteiger partial charge is 0.150 e. The Labute approximate surface area is 113 Å². The Bertz CT molecular complexity index is 591. The Morgan fingerprint density at radius 2 is 2.00 bits per heavy atom. The van der Waals surface area contributed by atoms with Gasteiger partial charge in [0.05, 0.1) is 6.10 Å². The van der Waals surface area contributed by atoms with E-state index in [0.29, 0.717) is 5.56 Å². The highest BCUT2D eigenvalue weighted by Gasteiger charge is 2.09. The molecular weight excluding hydrogens is 238 g/mol. The lowest BCUT2D eigenvalue weighted by atomic mass is 10.0. The van der Waals surface area contributed by atoms with Crippen molar-refractivity contribution in [1.29, 1.82) is 0 Å². The fourth-order valence-electron chi connectivity index (χ4n) is 1.92. The van der Waals surface area contributed by atoms with E-state index in [-0.39, 0.29) is 6.10 Å². The number of rotatable bonds is 4. The zero-order chi connectivity index (χ0) is 13.8. The number of carbonyl (C=O) groups excluding carboxylic acids is 1. The van der Waals surface area contributed by atoms with E-state index in [2.05, 4.69) is 4.98 Å². The molecule has 0 atom stereocenters. The molecule has 0 N–H and O–H groups in total. The molecule has 0 spiro atoms. The molecule has 2 rings (SSSR count). The summed E-state index contributed by atoms with van der Waals surface area (Å²) in [5.41, 5.74) is 3.50. The largest absolute Gasteiger partial charge is 0.490 e. The summed E-state index contributed by atoms with van der Waals surface area (Å²) in [6, 6.07) is 9.36. The van der Waals surface area contributed by atoms with Gasteiger partial charge in [0.1, 0.15) is 12.0 Å². The van der Waals surface area contributed by atoms with Crippen molar-refractivity contribution >= 4 is 6.29 Å². The molecule has 0 saturated carbocycles. The molecule has 0 fully saturated rings. The Balaban J connectivity index is 2.54. The topological polar surface area (TPSA) is 39.2 Å². The first-order chi connectivity index (χ1) is 9.10. The van der Waals surface area contributed by atoms with Crippen molar-refractivity contribution in [3.8, 4) is 16.9 Å². The van der Waals surface area contributed by atoms with E-state index in [4.69, 9.17) is 4.74 Å². The number of carbonyl (C=O) groups is 1.